The Balaban J connectivity index is 2.19. The molecule has 3 aromatic rings. The molecule has 0 spiro atoms. The second-order valence-corrected chi connectivity index (χ2v) is 3.79. The van der Waals surface area contributed by atoms with Gasteiger partial charge < -0.3 is 0 Å². The second-order valence-electron chi connectivity index (χ2n) is 2.83. The predicted octanol–water partition coefficient (Wildman–Crippen LogP) is 1.85. The van der Waals surface area contributed by atoms with Gasteiger partial charge in [0.15, 0.2) is 0 Å². The van der Waals surface area contributed by atoms with E-state index in [1.54, 1.807) is 10.8 Å². The lowest BCUT2D eigenvalue weighted by molar-refractivity contribution is 0.960. The van der Waals surface area contributed by atoms with Crippen LogP contribution in [0.4, 0.5) is 0 Å². The van der Waals surface area contributed by atoms with Crippen LogP contribution in [0.25, 0.3) is 15.5 Å². The summed E-state index contributed by atoms with van der Waals surface area (Å²) in [4.78, 5) is 0.823. The highest BCUT2D eigenvalue weighted by molar-refractivity contribution is 7.19. The lowest BCUT2D eigenvalue weighted by atomic mass is 10.2. The molecule has 2 aromatic heterocycles. The van der Waals surface area contributed by atoms with Crippen molar-refractivity contribution in [3.05, 3.63) is 36.7 Å². The van der Waals surface area contributed by atoms with Crippen molar-refractivity contribution in [1.29, 1.82) is 0 Å². The van der Waals surface area contributed by atoms with Gasteiger partial charge in [0.25, 0.3) is 0 Å². The number of rotatable bonds is 1. The summed E-state index contributed by atoms with van der Waals surface area (Å²) in [6, 6.07) is 10.1. The van der Waals surface area contributed by atoms with Gasteiger partial charge in [0, 0.05) is 5.56 Å². The van der Waals surface area contributed by atoms with Gasteiger partial charge in [0.2, 0.25) is 4.96 Å². The molecule has 0 amide bonds. The van der Waals surface area contributed by atoms with Crippen LogP contribution in [0.15, 0.2) is 36.7 Å². The summed E-state index contributed by atoms with van der Waals surface area (Å²) in [6.45, 7) is 0. The number of fused-ring (bicyclic) bond motifs is 1. The zero-order valence-corrected chi connectivity index (χ0v) is 7.98. The van der Waals surface area contributed by atoms with Gasteiger partial charge >= 0.3 is 0 Å². The van der Waals surface area contributed by atoms with E-state index in [1.807, 2.05) is 30.3 Å². The Morgan fingerprint density at radius 2 is 2.00 bits per heavy atom. The lowest BCUT2D eigenvalue weighted by Gasteiger charge is -1.91. The van der Waals surface area contributed by atoms with Crippen LogP contribution in [0.2, 0.25) is 0 Å². The number of hydrogen-bond acceptors (Lipinski definition) is 4. The molecule has 0 bridgehead atoms. The number of aromatic nitrogens is 4. The maximum absolute atomic E-state index is 4.35. The zero-order chi connectivity index (χ0) is 9.38. The molecule has 0 fully saturated rings. The van der Waals surface area contributed by atoms with Crippen molar-refractivity contribution in [2.75, 3.05) is 0 Å². The smallest absolute Gasteiger partial charge is 0.190 e. The summed E-state index contributed by atoms with van der Waals surface area (Å²) in [5.41, 5.74) is 1.11. The summed E-state index contributed by atoms with van der Waals surface area (Å²) in [7, 11) is 0. The SMILES string of the molecule is c1ccc(-c2nn3cnnc3s2)cc1. The molecule has 0 aliphatic rings. The molecule has 68 valence electrons. The van der Waals surface area contributed by atoms with E-state index in [-0.39, 0.29) is 0 Å². The Hall–Kier alpha value is -1.75. The van der Waals surface area contributed by atoms with E-state index < -0.39 is 0 Å². The van der Waals surface area contributed by atoms with Crippen LogP contribution < -0.4 is 0 Å². The molecule has 5 heteroatoms. The van der Waals surface area contributed by atoms with Crippen LogP contribution in [0, 0.1) is 0 Å². The molecule has 2 heterocycles. The van der Waals surface area contributed by atoms with Gasteiger partial charge in [-0.25, -0.2) is 0 Å². The minimum Gasteiger partial charge on any atom is -0.190 e. The summed E-state index contributed by atoms with van der Waals surface area (Å²) in [6.07, 6.45) is 1.61. The summed E-state index contributed by atoms with van der Waals surface area (Å²) < 4.78 is 1.69. The summed E-state index contributed by atoms with van der Waals surface area (Å²) >= 11 is 1.54. The van der Waals surface area contributed by atoms with Gasteiger partial charge in [0.05, 0.1) is 0 Å². The predicted molar refractivity (Wildman–Crippen MR) is 54.1 cm³/mol. The molecule has 0 atom stereocenters. The van der Waals surface area contributed by atoms with Gasteiger partial charge in [-0.1, -0.05) is 41.7 Å². The number of benzene rings is 1. The van der Waals surface area contributed by atoms with Gasteiger partial charge in [-0.15, -0.1) is 10.2 Å². The van der Waals surface area contributed by atoms with E-state index in [2.05, 4.69) is 15.3 Å². The molecular formula is C9H6N4S. The van der Waals surface area contributed by atoms with E-state index >= 15 is 0 Å². The third kappa shape index (κ3) is 1.10. The highest BCUT2D eigenvalue weighted by Crippen LogP contribution is 2.23. The fourth-order valence-corrected chi connectivity index (χ4v) is 2.08. The Morgan fingerprint density at radius 1 is 1.14 bits per heavy atom. The van der Waals surface area contributed by atoms with Crippen LogP contribution in [-0.2, 0) is 0 Å². The monoisotopic (exact) mass is 202 g/mol. The molecule has 0 aliphatic carbocycles. The Bertz CT molecular complexity index is 526. The van der Waals surface area contributed by atoms with Crippen molar-refractivity contribution in [3.8, 4) is 10.6 Å². The van der Waals surface area contributed by atoms with E-state index in [0.29, 0.717) is 0 Å². The third-order valence-corrected chi connectivity index (χ3v) is 2.87. The lowest BCUT2D eigenvalue weighted by Crippen LogP contribution is -1.81. The maximum Gasteiger partial charge on any atom is 0.234 e. The fraction of sp³-hybridized carbons (Fsp3) is 0. The highest BCUT2D eigenvalue weighted by Gasteiger charge is 2.05. The molecule has 3 rings (SSSR count). The molecule has 14 heavy (non-hydrogen) atoms. The highest BCUT2D eigenvalue weighted by atomic mass is 32.1. The fourth-order valence-electron chi connectivity index (χ4n) is 1.26. The quantitative estimate of drug-likeness (QED) is 0.604. The molecule has 1 aromatic carbocycles. The van der Waals surface area contributed by atoms with E-state index in [4.69, 9.17) is 0 Å². The molecule has 0 aliphatic heterocycles. The molecule has 0 unspecified atom stereocenters. The van der Waals surface area contributed by atoms with E-state index in [9.17, 15) is 0 Å². The van der Waals surface area contributed by atoms with Gasteiger partial charge in [0.1, 0.15) is 11.3 Å². The Morgan fingerprint density at radius 3 is 2.79 bits per heavy atom. The van der Waals surface area contributed by atoms with Crippen molar-refractivity contribution in [3.63, 3.8) is 0 Å². The molecule has 4 nitrogen and oxygen atoms in total. The normalized spacial score (nSPS) is 10.9. The minimum atomic E-state index is 0.823. The second kappa shape index (κ2) is 2.88. The van der Waals surface area contributed by atoms with Crippen molar-refractivity contribution in [1.82, 2.24) is 19.8 Å². The first kappa shape index (κ1) is 7.64. The largest absolute Gasteiger partial charge is 0.234 e. The summed E-state index contributed by atoms with van der Waals surface area (Å²) in [5.74, 6) is 0. The molecule has 0 saturated carbocycles. The number of hydrogen-bond donors (Lipinski definition) is 0. The zero-order valence-electron chi connectivity index (χ0n) is 7.16. The van der Waals surface area contributed by atoms with Crippen LogP contribution in [-0.4, -0.2) is 19.8 Å². The Labute approximate surface area is 83.8 Å². The van der Waals surface area contributed by atoms with Gasteiger partial charge in [-0.05, 0) is 0 Å². The van der Waals surface area contributed by atoms with E-state index in [1.165, 1.54) is 11.3 Å². The van der Waals surface area contributed by atoms with Gasteiger partial charge in [-0.3, -0.25) is 0 Å². The third-order valence-electron chi connectivity index (χ3n) is 1.91. The number of nitrogens with zero attached hydrogens (tertiary/aromatic N) is 4. The average molecular weight is 202 g/mol. The first-order valence-corrected chi connectivity index (χ1v) is 4.97. The minimum absolute atomic E-state index is 0.823. The molecule has 0 radical (unpaired) electrons. The van der Waals surface area contributed by atoms with Crippen molar-refractivity contribution < 1.29 is 0 Å². The van der Waals surface area contributed by atoms with Crippen LogP contribution in [0.3, 0.4) is 0 Å². The molecule has 0 N–H and O–H groups in total. The van der Waals surface area contributed by atoms with Gasteiger partial charge in [-0.2, -0.15) is 9.61 Å². The maximum atomic E-state index is 4.35. The first-order chi connectivity index (χ1) is 6.93. The van der Waals surface area contributed by atoms with Crippen LogP contribution in [0.1, 0.15) is 0 Å². The van der Waals surface area contributed by atoms with Crippen molar-refractivity contribution >= 4 is 16.3 Å². The molecule has 0 saturated heterocycles. The first-order valence-electron chi connectivity index (χ1n) is 4.16. The average Bonchev–Trinajstić information content (AvgIpc) is 2.78. The van der Waals surface area contributed by atoms with Crippen LogP contribution >= 0.6 is 11.3 Å². The standard InChI is InChI=1S/C9H6N4S/c1-2-4-7(5-3-1)8-12-13-6-10-11-9(13)14-8/h1-6H. The topological polar surface area (TPSA) is 43.1 Å². The van der Waals surface area contributed by atoms with E-state index in [0.717, 1.165) is 15.5 Å². The van der Waals surface area contributed by atoms with Crippen molar-refractivity contribution in [2.24, 2.45) is 0 Å². The van der Waals surface area contributed by atoms with Crippen LogP contribution in [0.5, 0.6) is 0 Å². The molecular weight excluding hydrogens is 196 g/mol. The van der Waals surface area contributed by atoms with Crippen molar-refractivity contribution in [2.45, 2.75) is 0 Å². The Kier molecular flexibility index (Phi) is 1.57. The summed E-state index contributed by atoms with van der Waals surface area (Å²) in [5, 5.41) is 13.0.